The third kappa shape index (κ3) is 3.74. The summed E-state index contributed by atoms with van der Waals surface area (Å²) in [6.45, 7) is 3.29. The average Bonchev–Trinajstić information content (AvgIpc) is 2.15. The van der Waals surface area contributed by atoms with Crippen molar-refractivity contribution in [2.24, 2.45) is 0 Å². The number of aryl methyl sites for hydroxylation is 1. The summed E-state index contributed by atoms with van der Waals surface area (Å²) < 4.78 is 10.7. The molecule has 0 heterocycles. The van der Waals surface area contributed by atoms with E-state index in [0.717, 1.165) is 5.56 Å². The highest BCUT2D eigenvalue weighted by molar-refractivity contribution is 7.55. The zero-order valence-corrected chi connectivity index (χ0v) is 9.94. The highest BCUT2D eigenvalue weighted by Crippen LogP contribution is 2.37. The maximum absolute atomic E-state index is 11.7. The van der Waals surface area contributed by atoms with Gasteiger partial charge in [-0.15, -0.1) is 0 Å². The Kier molecular flexibility index (Phi) is 3.81. The van der Waals surface area contributed by atoms with Crippen molar-refractivity contribution < 1.29 is 19.1 Å². The zero-order valence-electron chi connectivity index (χ0n) is 9.04. The molecule has 0 aliphatic carbocycles. The molecule has 1 aromatic carbocycles. The Morgan fingerprint density at radius 2 is 1.75 bits per heavy atom. The molecule has 0 saturated carbocycles. The van der Waals surface area contributed by atoms with Crippen molar-refractivity contribution in [1.82, 2.24) is 0 Å². The number of hydrogen-bond acceptors (Lipinski definition) is 2. The molecule has 16 heavy (non-hydrogen) atoms. The normalized spacial score (nSPS) is 12.6. The smallest absolute Gasteiger partial charge is 0.321 e. The van der Waals surface area contributed by atoms with Crippen molar-refractivity contribution in [2.75, 3.05) is 0 Å². The van der Waals surface area contributed by atoms with E-state index in [-0.39, 0.29) is 11.4 Å². The molecule has 2 N–H and O–H groups in total. The van der Waals surface area contributed by atoms with E-state index >= 15 is 0 Å². The Morgan fingerprint density at radius 1 is 1.25 bits per heavy atom. The first-order valence-corrected chi connectivity index (χ1v) is 6.34. The van der Waals surface area contributed by atoms with Gasteiger partial charge in [0.15, 0.2) is 5.78 Å². The molecule has 0 saturated heterocycles. The van der Waals surface area contributed by atoms with Crippen molar-refractivity contribution >= 4 is 13.4 Å². The molecule has 86 valence electrons. The zero-order chi connectivity index (χ0) is 12.3. The minimum atomic E-state index is -4.29. The fraction of sp³-hybridized carbons (Fsp3) is 0.182. The van der Waals surface area contributed by atoms with Crippen LogP contribution in [0, 0.1) is 6.92 Å². The maximum atomic E-state index is 11.7. The van der Waals surface area contributed by atoms with Gasteiger partial charge in [-0.2, -0.15) is 0 Å². The van der Waals surface area contributed by atoms with E-state index < -0.39 is 7.60 Å². The third-order valence-corrected chi connectivity index (χ3v) is 2.76. The summed E-state index contributed by atoms with van der Waals surface area (Å²) in [6, 6.07) is 6.82. The van der Waals surface area contributed by atoms with Crippen LogP contribution in [-0.2, 0) is 4.57 Å². The van der Waals surface area contributed by atoms with Crippen LogP contribution in [-0.4, -0.2) is 15.6 Å². The van der Waals surface area contributed by atoms with Gasteiger partial charge in [-0.1, -0.05) is 29.8 Å². The minimum absolute atomic E-state index is 0.0530. The second-order valence-corrected chi connectivity index (χ2v) is 5.03. The Hall–Kier alpha value is -1.22. The van der Waals surface area contributed by atoms with Crippen LogP contribution < -0.4 is 0 Å². The summed E-state index contributed by atoms with van der Waals surface area (Å²) in [5, 5.41) is 0. The molecule has 0 radical (unpaired) electrons. The number of Topliss-reactive ketones (excluding diaryl/α,β-unsaturated/α-hetero) is 1. The molecule has 1 rings (SSSR count). The number of allylic oxidation sites excluding steroid dienone is 1. The minimum Gasteiger partial charge on any atom is -0.321 e. The van der Waals surface area contributed by atoms with Crippen LogP contribution in [0.3, 0.4) is 0 Å². The number of carbonyl (C=O) groups is 1. The van der Waals surface area contributed by atoms with Crippen molar-refractivity contribution in [1.29, 1.82) is 0 Å². The molecule has 0 aliphatic rings. The first-order valence-electron chi connectivity index (χ1n) is 4.65. The van der Waals surface area contributed by atoms with Crippen LogP contribution in [0.25, 0.3) is 0 Å². The molecule has 0 unspecified atom stereocenters. The van der Waals surface area contributed by atoms with Gasteiger partial charge in [-0.05, 0) is 13.8 Å². The van der Waals surface area contributed by atoms with Gasteiger partial charge in [-0.3, -0.25) is 9.36 Å². The molecule has 0 spiro atoms. The number of carbonyl (C=O) groups excluding carboxylic acids is 1. The molecule has 4 nitrogen and oxygen atoms in total. The fourth-order valence-electron chi connectivity index (χ4n) is 1.24. The van der Waals surface area contributed by atoms with E-state index in [0.29, 0.717) is 11.4 Å². The Balaban J connectivity index is 2.99. The second kappa shape index (κ2) is 4.74. The van der Waals surface area contributed by atoms with Crippen LogP contribution in [0.2, 0.25) is 0 Å². The van der Waals surface area contributed by atoms with Crippen molar-refractivity contribution in [3.63, 3.8) is 0 Å². The standard InChI is InChI=1S/C11H13O4P/c1-8-3-5-10(6-4-8)11(12)9(2)7-16(13,14)15/h3-7H,1-2H3,(H2,13,14,15). The highest BCUT2D eigenvalue weighted by atomic mass is 31.2. The number of ketones is 1. The predicted molar refractivity (Wildman–Crippen MR) is 61.3 cm³/mol. The first kappa shape index (κ1) is 12.8. The van der Waals surface area contributed by atoms with E-state index in [1.54, 1.807) is 24.3 Å². The topological polar surface area (TPSA) is 74.6 Å². The van der Waals surface area contributed by atoms with Crippen LogP contribution >= 0.6 is 7.60 Å². The van der Waals surface area contributed by atoms with Gasteiger partial charge in [0.05, 0.1) is 0 Å². The number of hydrogen-bond donors (Lipinski definition) is 2. The third-order valence-electron chi connectivity index (χ3n) is 2.03. The molecular formula is C11H13O4P. The molecule has 0 bridgehead atoms. The molecule has 0 atom stereocenters. The van der Waals surface area contributed by atoms with Crippen molar-refractivity contribution in [3.8, 4) is 0 Å². The number of rotatable bonds is 3. The van der Waals surface area contributed by atoms with Gasteiger partial charge >= 0.3 is 7.60 Å². The SMILES string of the molecule is CC(=CP(=O)(O)O)C(=O)c1ccc(C)cc1. The Labute approximate surface area is 93.8 Å². The average molecular weight is 240 g/mol. The van der Waals surface area contributed by atoms with Gasteiger partial charge in [0, 0.05) is 17.0 Å². The fourth-order valence-corrected chi connectivity index (χ4v) is 1.87. The molecule has 0 aromatic heterocycles. The summed E-state index contributed by atoms with van der Waals surface area (Å²) in [5.74, 6) is 0.318. The Morgan fingerprint density at radius 3 is 2.19 bits per heavy atom. The van der Waals surface area contributed by atoms with Crippen LogP contribution in [0.1, 0.15) is 22.8 Å². The van der Waals surface area contributed by atoms with Crippen LogP contribution in [0.4, 0.5) is 0 Å². The molecular weight excluding hydrogens is 227 g/mol. The van der Waals surface area contributed by atoms with Crippen molar-refractivity contribution in [2.45, 2.75) is 13.8 Å². The first-order chi connectivity index (χ1) is 7.29. The van der Waals surface area contributed by atoms with Crippen molar-refractivity contribution in [3.05, 3.63) is 46.8 Å². The molecule has 0 fully saturated rings. The quantitative estimate of drug-likeness (QED) is 0.482. The van der Waals surface area contributed by atoms with Gasteiger partial charge in [0.1, 0.15) is 0 Å². The maximum Gasteiger partial charge on any atom is 0.349 e. The predicted octanol–water partition coefficient (Wildman–Crippen LogP) is 2.26. The summed E-state index contributed by atoms with van der Waals surface area (Å²) in [5.41, 5.74) is 1.50. The van der Waals surface area contributed by atoms with Gasteiger partial charge in [-0.25, -0.2) is 0 Å². The summed E-state index contributed by atoms with van der Waals surface area (Å²) >= 11 is 0. The lowest BCUT2D eigenvalue weighted by atomic mass is 10.0. The Bertz CT molecular complexity index is 467. The second-order valence-electron chi connectivity index (χ2n) is 3.60. The highest BCUT2D eigenvalue weighted by Gasteiger charge is 2.14. The summed E-state index contributed by atoms with van der Waals surface area (Å²) in [4.78, 5) is 29.1. The molecule has 0 amide bonds. The van der Waals surface area contributed by atoms with E-state index in [4.69, 9.17) is 9.79 Å². The van der Waals surface area contributed by atoms with E-state index in [9.17, 15) is 9.36 Å². The lowest BCUT2D eigenvalue weighted by Gasteiger charge is -2.03. The molecule has 5 heteroatoms. The number of benzene rings is 1. The molecule has 0 aliphatic heterocycles. The van der Waals surface area contributed by atoms with Gasteiger partial charge in [0.25, 0.3) is 0 Å². The largest absolute Gasteiger partial charge is 0.349 e. The van der Waals surface area contributed by atoms with E-state index in [1.807, 2.05) is 6.92 Å². The lowest BCUT2D eigenvalue weighted by molar-refractivity contribution is 0.103. The lowest BCUT2D eigenvalue weighted by Crippen LogP contribution is -2.00. The van der Waals surface area contributed by atoms with E-state index in [2.05, 4.69) is 0 Å². The monoisotopic (exact) mass is 240 g/mol. The van der Waals surface area contributed by atoms with Gasteiger partial charge < -0.3 is 9.79 Å². The summed E-state index contributed by atoms with van der Waals surface area (Å²) in [7, 11) is -4.29. The van der Waals surface area contributed by atoms with Gasteiger partial charge in [0.2, 0.25) is 0 Å². The van der Waals surface area contributed by atoms with E-state index in [1.165, 1.54) is 6.92 Å². The summed E-state index contributed by atoms with van der Waals surface area (Å²) in [6.07, 6.45) is 0. The van der Waals surface area contributed by atoms with Crippen LogP contribution in [0.5, 0.6) is 0 Å². The molecule has 1 aromatic rings. The van der Waals surface area contributed by atoms with Crippen LogP contribution in [0.15, 0.2) is 35.7 Å².